The molecule has 19 heavy (non-hydrogen) atoms. The lowest BCUT2D eigenvalue weighted by Gasteiger charge is -2.29. The van der Waals surface area contributed by atoms with Crippen molar-refractivity contribution >= 4 is 0 Å². The van der Waals surface area contributed by atoms with E-state index < -0.39 is 0 Å². The lowest BCUT2D eigenvalue weighted by molar-refractivity contribution is 0.0215. The topological polar surface area (TPSA) is 21.3 Å². The van der Waals surface area contributed by atoms with Crippen LogP contribution in [0.1, 0.15) is 44.6 Å². The summed E-state index contributed by atoms with van der Waals surface area (Å²) in [6.45, 7) is 4.19. The second-order valence-electron chi connectivity index (χ2n) is 5.49. The van der Waals surface area contributed by atoms with Gasteiger partial charge in [0.15, 0.2) is 0 Å². The van der Waals surface area contributed by atoms with E-state index >= 15 is 0 Å². The van der Waals surface area contributed by atoms with Crippen molar-refractivity contribution in [3.05, 3.63) is 35.9 Å². The van der Waals surface area contributed by atoms with Gasteiger partial charge in [-0.3, -0.25) is 0 Å². The third kappa shape index (κ3) is 5.33. The number of hydrogen-bond acceptors (Lipinski definition) is 2. The zero-order valence-corrected chi connectivity index (χ0v) is 12.1. The molecule has 2 heteroatoms. The summed E-state index contributed by atoms with van der Waals surface area (Å²) in [5, 5.41) is 3.54. The minimum absolute atomic E-state index is 0.505. The van der Waals surface area contributed by atoms with Crippen molar-refractivity contribution in [3.8, 4) is 0 Å². The zero-order valence-electron chi connectivity index (χ0n) is 12.1. The molecule has 0 spiro atoms. The van der Waals surface area contributed by atoms with E-state index in [0.717, 1.165) is 32.0 Å². The first-order valence-corrected chi connectivity index (χ1v) is 7.77. The Morgan fingerprint density at radius 1 is 1.11 bits per heavy atom. The summed E-state index contributed by atoms with van der Waals surface area (Å²) < 4.78 is 6.00. The van der Waals surface area contributed by atoms with Crippen molar-refractivity contribution in [2.75, 3.05) is 13.2 Å². The highest BCUT2D eigenvalue weighted by Gasteiger charge is 2.20. The highest BCUT2D eigenvalue weighted by Crippen LogP contribution is 2.21. The van der Waals surface area contributed by atoms with Gasteiger partial charge >= 0.3 is 0 Å². The Morgan fingerprint density at radius 3 is 2.53 bits per heavy atom. The Kier molecular flexibility index (Phi) is 6.38. The van der Waals surface area contributed by atoms with Crippen molar-refractivity contribution in [2.24, 2.45) is 0 Å². The fourth-order valence-corrected chi connectivity index (χ4v) is 2.89. The molecule has 0 unspecified atom stereocenters. The first kappa shape index (κ1) is 14.5. The van der Waals surface area contributed by atoms with Crippen molar-refractivity contribution in [1.82, 2.24) is 5.32 Å². The van der Waals surface area contributed by atoms with E-state index in [0.29, 0.717) is 6.10 Å². The van der Waals surface area contributed by atoms with Crippen LogP contribution < -0.4 is 5.32 Å². The molecule has 1 aromatic carbocycles. The van der Waals surface area contributed by atoms with E-state index in [-0.39, 0.29) is 0 Å². The molecular weight excluding hydrogens is 234 g/mol. The second kappa shape index (κ2) is 8.34. The number of ether oxygens (including phenoxy) is 1. The number of nitrogens with one attached hydrogen (secondary N) is 1. The van der Waals surface area contributed by atoms with E-state index in [1.54, 1.807) is 0 Å². The molecule has 0 aromatic heterocycles. The Hall–Kier alpha value is -0.860. The average Bonchev–Trinajstić information content (AvgIpc) is 2.47. The van der Waals surface area contributed by atoms with Gasteiger partial charge in [0.05, 0.1) is 6.10 Å². The predicted octanol–water partition coefficient (Wildman–Crippen LogP) is 3.56. The van der Waals surface area contributed by atoms with Gasteiger partial charge in [-0.15, -0.1) is 0 Å². The van der Waals surface area contributed by atoms with Gasteiger partial charge in [-0.05, 0) is 50.6 Å². The predicted molar refractivity (Wildman–Crippen MR) is 80.4 cm³/mol. The summed E-state index contributed by atoms with van der Waals surface area (Å²) in [7, 11) is 0. The van der Waals surface area contributed by atoms with Crippen LogP contribution in [0, 0.1) is 0 Å². The van der Waals surface area contributed by atoms with Crippen LogP contribution in [0.5, 0.6) is 0 Å². The fourth-order valence-electron chi connectivity index (χ4n) is 2.89. The lowest BCUT2D eigenvalue weighted by atomic mass is 9.93. The van der Waals surface area contributed by atoms with Crippen LogP contribution in [-0.4, -0.2) is 25.3 Å². The van der Waals surface area contributed by atoms with E-state index in [1.165, 1.54) is 31.2 Å². The minimum Gasteiger partial charge on any atom is -0.378 e. The van der Waals surface area contributed by atoms with Crippen molar-refractivity contribution < 1.29 is 4.74 Å². The maximum Gasteiger partial charge on any atom is 0.0576 e. The van der Waals surface area contributed by atoms with Crippen molar-refractivity contribution in [3.63, 3.8) is 0 Å². The number of aryl methyl sites for hydroxylation is 1. The summed E-state index contributed by atoms with van der Waals surface area (Å²) in [6, 6.07) is 11.4. The molecule has 0 bridgehead atoms. The lowest BCUT2D eigenvalue weighted by Crippen LogP contribution is -2.35. The number of benzene rings is 1. The molecule has 1 saturated carbocycles. The molecular formula is C17H27NO. The molecule has 0 amide bonds. The van der Waals surface area contributed by atoms with E-state index in [1.807, 2.05) is 0 Å². The molecule has 1 aliphatic rings. The molecule has 1 N–H and O–H groups in total. The van der Waals surface area contributed by atoms with Crippen molar-refractivity contribution in [1.29, 1.82) is 0 Å². The molecule has 106 valence electrons. The summed E-state index contributed by atoms with van der Waals surface area (Å²) in [5.74, 6) is 0. The monoisotopic (exact) mass is 261 g/mol. The molecule has 0 heterocycles. The molecule has 1 aliphatic carbocycles. The van der Waals surface area contributed by atoms with Crippen LogP contribution in [0.4, 0.5) is 0 Å². The molecule has 0 aliphatic heterocycles. The summed E-state index contributed by atoms with van der Waals surface area (Å²) in [5.41, 5.74) is 1.42. The number of hydrogen-bond donors (Lipinski definition) is 1. The average molecular weight is 261 g/mol. The maximum absolute atomic E-state index is 6.00. The molecule has 2 nitrogen and oxygen atoms in total. The standard InChI is InChI=1S/C17H27NO/c1-2-18-16-10-12-17(13-11-16)19-14-6-9-15-7-4-3-5-8-15/h3-5,7-8,16-18H,2,6,9-14H2,1H3. The fraction of sp³-hybridized carbons (Fsp3) is 0.647. The van der Waals surface area contributed by atoms with Crippen LogP contribution in [0.25, 0.3) is 0 Å². The molecule has 1 aromatic rings. The van der Waals surface area contributed by atoms with Crippen LogP contribution >= 0.6 is 0 Å². The van der Waals surface area contributed by atoms with Gasteiger partial charge in [-0.2, -0.15) is 0 Å². The van der Waals surface area contributed by atoms with E-state index in [2.05, 4.69) is 42.6 Å². The van der Waals surface area contributed by atoms with Crippen LogP contribution in [0.2, 0.25) is 0 Å². The molecule has 0 atom stereocenters. The first-order valence-electron chi connectivity index (χ1n) is 7.77. The molecule has 0 radical (unpaired) electrons. The molecule has 0 saturated heterocycles. The van der Waals surface area contributed by atoms with Gasteiger partial charge in [-0.1, -0.05) is 37.3 Å². The molecule has 2 rings (SSSR count). The van der Waals surface area contributed by atoms with Gasteiger partial charge in [0.2, 0.25) is 0 Å². The van der Waals surface area contributed by atoms with Gasteiger partial charge in [-0.25, -0.2) is 0 Å². The largest absolute Gasteiger partial charge is 0.378 e. The van der Waals surface area contributed by atoms with E-state index in [4.69, 9.17) is 4.74 Å². The third-order valence-electron chi connectivity index (χ3n) is 3.97. The normalized spacial score (nSPS) is 23.4. The maximum atomic E-state index is 6.00. The minimum atomic E-state index is 0.505. The Bertz CT molecular complexity index is 330. The van der Waals surface area contributed by atoms with Gasteiger partial charge in [0.1, 0.15) is 0 Å². The SMILES string of the molecule is CCNC1CCC(OCCCc2ccccc2)CC1. The van der Waals surface area contributed by atoms with Gasteiger partial charge in [0, 0.05) is 12.6 Å². The smallest absolute Gasteiger partial charge is 0.0576 e. The second-order valence-corrected chi connectivity index (χ2v) is 5.49. The zero-order chi connectivity index (χ0) is 13.3. The highest BCUT2D eigenvalue weighted by molar-refractivity contribution is 5.14. The Morgan fingerprint density at radius 2 is 1.84 bits per heavy atom. The Balaban J connectivity index is 1.55. The van der Waals surface area contributed by atoms with Gasteiger partial charge < -0.3 is 10.1 Å². The Labute approximate surface area is 117 Å². The van der Waals surface area contributed by atoms with Crippen molar-refractivity contribution in [2.45, 2.75) is 57.6 Å². The quantitative estimate of drug-likeness (QED) is 0.758. The first-order chi connectivity index (χ1) is 9.38. The van der Waals surface area contributed by atoms with E-state index in [9.17, 15) is 0 Å². The molecule has 1 fully saturated rings. The summed E-state index contributed by atoms with van der Waals surface area (Å²) in [6.07, 6.45) is 7.77. The van der Waals surface area contributed by atoms with Gasteiger partial charge in [0.25, 0.3) is 0 Å². The van der Waals surface area contributed by atoms with Crippen LogP contribution in [0.3, 0.4) is 0 Å². The third-order valence-corrected chi connectivity index (χ3v) is 3.97. The van der Waals surface area contributed by atoms with Crippen LogP contribution in [-0.2, 0) is 11.2 Å². The van der Waals surface area contributed by atoms with Crippen LogP contribution in [0.15, 0.2) is 30.3 Å². The summed E-state index contributed by atoms with van der Waals surface area (Å²) in [4.78, 5) is 0. The highest BCUT2D eigenvalue weighted by atomic mass is 16.5. The number of rotatable bonds is 7. The summed E-state index contributed by atoms with van der Waals surface area (Å²) >= 11 is 0.